The van der Waals surface area contributed by atoms with Crippen LogP contribution in [0, 0.1) is 11.3 Å². The third-order valence-corrected chi connectivity index (χ3v) is 4.71. The van der Waals surface area contributed by atoms with E-state index in [2.05, 4.69) is 13.8 Å². The third-order valence-electron chi connectivity index (χ3n) is 4.71. The summed E-state index contributed by atoms with van der Waals surface area (Å²) in [5.41, 5.74) is -0.397. The van der Waals surface area contributed by atoms with Crippen molar-refractivity contribution in [2.45, 2.75) is 112 Å². The fourth-order valence-electron chi connectivity index (χ4n) is 3.21. The zero-order chi connectivity index (χ0) is 20.0. The standard InChI is InChI=1S/C22H42O4/c1-7-9-11-13-15-19(23)25-17-22(5,6)21(18(3)4)26-20(24)16-14-12-10-8-2/h18,21H,7-17H2,1-6H3. The van der Waals surface area contributed by atoms with Crippen LogP contribution in [0.25, 0.3) is 0 Å². The van der Waals surface area contributed by atoms with Crippen molar-refractivity contribution in [1.29, 1.82) is 0 Å². The van der Waals surface area contributed by atoms with Crippen molar-refractivity contribution in [3.05, 3.63) is 0 Å². The van der Waals surface area contributed by atoms with Gasteiger partial charge in [0.25, 0.3) is 0 Å². The van der Waals surface area contributed by atoms with Crippen molar-refractivity contribution >= 4 is 11.9 Å². The van der Waals surface area contributed by atoms with Gasteiger partial charge in [0, 0.05) is 18.3 Å². The Kier molecular flexibility index (Phi) is 13.5. The molecule has 0 aliphatic rings. The SMILES string of the molecule is CCCCCCC(=O)OCC(C)(C)C(OC(=O)CCCCCC)C(C)C. The molecule has 0 spiro atoms. The van der Waals surface area contributed by atoms with E-state index >= 15 is 0 Å². The van der Waals surface area contributed by atoms with Gasteiger partial charge in [-0.2, -0.15) is 0 Å². The van der Waals surface area contributed by atoms with Crippen LogP contribution in [-0.4, -0.2) is 24.6 Å². The van der Waals surface area contributed by atoms with Gasteiger partial charge < -0.3 is 9.47 Å². The summed E-state index contributed by atoms with van der Waals surface area (Å²) in [7, 11) is 0. The monoisotopic (exact) mass is 370 g/mol. The fourth-order valence-corrected chi connectivity index (χ4v) is 3.21. The molecule has 0 heterocycles. The lowest BCUT2D eigenvalue weighted by Gasteiger charge is -2.36. The van der Waals surface area contributed by atoms with Gasteiger partial charge in [0.1, 0.15) is 6.10 Å². The summed E-state index contributed by atoms with van der Waals surface area (Å²) in [5.74, 6) is -0.116. The van der Waals surface area contributed by atoms with Crippen LogP contribution >= 0.6 is 0 Å². The summed E-state index contributed by atoms with van der Waals surface area (Å²) in [6.45, 7) is 12.7. The molecule has 0 N–H and O–H groups in total. The maximum atomic E-state index is 12.2. The van der Waals surface area contributed by atoms with Crippen LogP contribution in [0.2, 0.25) is 0 Å². The molecule has 0 radical (unpaired) electrons. The fraction of sp³-hybridized carbons (Fsp3) is 0.909. The normalized spacial score (nSPS) is 12.9. The number of hydrogen-bond acceptors (Lipinski definition) is 4. The van der Waals surface area contributed by atoms with Gasteiger partial charge in [-0.15, -0.1) is 0 Å². The van der Waals surface area contributed by atoms with Gasteiger partial charge >= 0.3 is 11.9 Å². The van der Waals surface area contributed by atoms with Gasteiger partial charge in [0.05, 0.1) is 6.61 Å². The molecule has 0 rings (SSSR count). The molecule has 0 bridgehead atoms. The molecule has 0 saturated heterocycles. The van der Waals surface area contributed by atoms with Crippen LogP contribution < -0.4 is 0 Å². The molecular weight excluding hydrogens is 328 g/mol. The van der Waals surface area contributed by atoms with E-state index in [1.54, 1.807) is 0 Å². The van der Waals surface area contributed by atoms with Crippen LogP contribution in [0.4, 0.5) is 0 Å². The van der Waals surface area contributed by atoms with E-state index in [1.165, 1.54) is 0 Å². The zero-order valence-electron chi connectivity index (χ0n) is 18.1. The first kappa shape index (κ1) is 24.9. The van der Waals surface area contributed by atoms with E-state index in [1.807, 2.05) is 27.7 Å². The third kappa shape index (κ3) is 11.5. The minimum absolute atomic E-state index is 0.140. The Bertz CT molecular complexity index is 388. The first-order valence-corrected chi connectivity index (χ1v) is 10.6. The lowest BCUT2D eigenvalue weighted by molar-refractivity contribution is -0.165. The van der Waals surface area contributed by atoms with Crippen molar-refractivity contribution in [3.63, 3.8) is 0 Å². The van der Waals surface area contributed by atoms with E-state index in [0.29, 0.717) is 12.8 Å². The average molecular weight is 371 g/mol. The summed E-state index contributed by atoms with van der Waals surface area (Å²) >= 11 is 0. The largest absolute Gasteiger partial charge is 0.465 e. The minimum atomic E-state index is -0.397. The molecule has 0 aliphatic carbocycles. The minimum Gasteiger partial charge on any atom is -0.465 e. The number of ether oxygens (including phenoxy) is 2. The molecule has 0 aromatic heterocycles. The number of carbonyl (C=O) groups excluding carboxylic acids is 2. The summed E-state index contributed by atoms with van der Waals surface area (Å²) in [5, 5.41) is 0. The molecule has 4 heteroatoms. The number of esters is 2. The van der Waals surface area contributed by atoms with Gasteiger partial charge in [-0.05, 0) is 18.8 Å². The van der Waals surface area contributed by atoms with Crippen molar-refractivity contribution in [2.24, 2.45) is 11.3 Å². The summed E-state index contributed by atoms with van der Waals surface area (Å²) in [6.07, 6.45) is 9.20. The smallest absolute Gasteiger partial charge is 0.306 e. The number of carbonyl (C=O) groups is 2. The predicted molar refractivity (Wildman–Crippen MR) is 107 cm³/mol. The second-order valence-corrected chi connectivity index (χ2v) is 8.43. The Morgan fingerprint density at radius 3 is 1.77 bits per heavy atom. The van der Waals surface area contributed by atoms with Crippen molar-refractivity contribution in [2.75, 3.05) is 6.61 Å². The number of hydrogen-bond donors (Lipinski definition) is 0. The average Bonchev–Trinajstić information content (AvgIpc) is 2.58. The molecule has 1 atom stereocenters. The molecule has 4 nitrogen and oxygen atoms in total. The molecule has 0 aliphatic heterocycles. The summed E-state index contributed by atoms with van der Waals surface area (Å²) < 4.78 is 11.3. The maximum absolute atomic E-state index is 12.2. The first-order chi connectivity index (χ1) is 12.2. The summed E-state index contributed by atoms with van der Waals surface area (Å²) in [6, 6.07) is 0. The Morgan fingerprint density at radius 1 is 0.808 bits per heavy atom. The van der Waals surface area contributed by atoms with Crippen molar-refractivity contribution in [3.8, 4) is 0 Å². The highest BCUT2D eigenvalue weighted by Gasteiger charge is 2.36. The molecular formula is C22H42O4. The quantitative estimate of drug-likeness (QED) is 0.259. The highest BCUT2D eigenvalue weighted by atomic mass is 16.6. The van der Waals surface area contributed by atoms with E-state index in [-0.39, 0.29) is 30.6 Å². The van der Waals surface area contributed by atoms with Gasteiger partial charge in [0.15, 0.2) is 0 Å². The van der Waals surface area contributed by atoms with E-state index in [9.17, 15) is 9.59 Å². The summed E-state index contributed by atoms with van der Waals surface area (Å²) in [4.78, 5) is 24.1. The van der Waals surface area contributed by atoms with Crippen LogP contribution in [-0.2, 0) is 19.1 Å². The number of unbranched alkanes of at least 4 members (excludes halogenated alkanes) is 6. The predicted octanol–water partition coefficient (Wildman–Crippen LogP) is 6.06. The van der Waals surface area contributed by atoms with Crippen molar-refractivity contribution in [1.82, 2.24) is 0 Å². The van der Waals surface area contributed by atoms with Gasteiger partial charge in [-0.25, -0.2) is 0 Å². The molecule has 0 amide bonds. The lowest BCUT2D eigenvalue weighted by Crippen LogP contribution is -2.41. The molecule has 0 saturated carbocycles. The zero-order valence-corrected chi connectivity index (χ0v) is 18.1. The molecule has 154 valence electrons. The maximum Gasteiger partial charge on any atom is 0.306 e. The Morgan fingerprint density at radius 2 is 1.31 bits per heavy atom. The van der Waals surface area contributed by atoms with Crippen molar-refractivity contribution < 1.29 is 19.1 Å². The Balaban J connectivity index is 4.41. The molecule has 0 aromatic carbocycles. The second-order valence-electron chi connectivity index (χ2n) is 8.43. The Hall–Kier alpha value is -1.06. The van der Waals surface area contributed by atoms with Crippen LogP contribution in [0.3, 0.4) is 0 Å². The highest BCUT2D eigenvalue weighted by Crippen LogP contribution is 2.30. The molecule has 0 aromatic rings. The molecule has 26 heavy (non-hydrogen) atoms. The highest BCUT2D eigenvalue weighted by molar-refractivity contribution is 5.70. The Labute approximate surface area is 161 Å². The molecule has 0 fully saturated rings. The van der Waals surface area contributed by atoms with Gasteiger partial charge in [-0.1, -0.05) is 80.1 Å². The van der Waals surface area contributed by atoms with Crippen LogP contribution in [0.1, 0.15) is 106 Å². The van der Waals surface area contributed by atoms with Crippen LogP contribution in [0.15, 0.2) is 0 Å². The molecule has 1 unspecified atom stereocenters. The van der Waals surface area contributed by atoms with Crippen LogP contribution in [0.5, 0.6) is 0 Å². The van der Waals surface area contributed by atoms with E-state index in [0.717, 1.165) is 51.4 Å². The number of rotatable bonds is 15. The van der Waals surface area contributed by atoms with E-state index < -0.39 is 5.41 Å². The van der Waals surface area contributed by atoms with Gasteiger partial charge in [-0.3, -0.25) is 9.59 Å². The van der Waals surface area contributed by atoms with Gasteiger partial charge in [0.2, 0.25) is 0 Å². The second kappa shape index (κ2) is 14.1. The lowest BCUT2D eigenvalue weighted by atomic mass is 9.81. The van der Waals surface area contributed by atoms with E-state index in [4.69, 9.17) is 9.47 Å². The first-order valence-electron chi connectivity index (χ1n) is 10.6. The topological polar surface area (TPSA) is 52.6 Å².